The highest BCUT2D eigenvalue weighted by atomic mass is 32.1. The van der Waals surface area contributed by atoms with Gasteiger partial charge < -0.3 is 4.90 Å². The first kappa shape index (κ1) is 20.4. The van der Waals surface area contributed by atoms with Crippen molar-refractivity contribution < 1.29 is 13.6 Å². The summed E-state index contributed by atoms with van der Waals surface area (Å²) in [7, 11) is 3.93. The van der Waals surface area contributed by atoms with Crippen LogP contribution in [0.1, 0.15) is 27.9 Å². The van der Waals surface area contributed by atoms with E-state index >= 15 is 0 Å². The van der Waals surface area contributed by atoms with E-state index in [-0.39, 0.29) is 11.5 Å². The summed E-state index contributed by atoms with van der Waals surface area (Å²) in [6.45, 7) is 5.26. The molecule has 1 amide bonds. The molecular weight excluding hydrogens is 380 g/mol. The van der Waals surface area contributed by atoms with Crippen LogP contribution in [0.15, 0.2) is 30.3 Å². The van der Waals surface area contributed by atoms with Crippen LogP contribution in [0.3, 0.4) is 0 Å². The van der Waals surface area contributed by atoms with Gasteiger partial charge in [-0.1, -0.05) is 17.4 Å². The van der Waals surface area contributed by atoms with Crippen molar-refractivity contribution in [2.45, 2.75) is 20.3 Å². The molecule has 3 rings (SSSR count). The van der Waals surface area contributed by atoms with Crippen molar-refractivity contribution >= 4 is 32.6 Å². The monoisotopic (exact) mass is 403 g/mol. The Morgan fingerprint density at radius 1 is 1.07 bits per heavy atom. The highest BCUT2D eigenvalue weighted by Gasteiger charge is 2.22. The number of nitrogens with zero attached hydrogens (tertiary/aromatic N) is 3. The van der Waals surface area contributed by atoms with Crippen LogP contribution in [0.25, 0.3) is 10.2 Å². The number of hydrogen-bond donors (Lipinski definition) is 0. The van der Waals surface area contributed by atoms with Crippen LogP contribution in [0, 0.1) is 25.5 Å². The van der Waals surface area contributed by atoms with Gasteiger partial charge >= 0.3 is 0 Å². The van der Waals surface area contributed by atoms with Gasteiger partial charge in [-0.15, -0.1) is 0 Å². The summed E-state index contributed by atoms with van der Waals surface area (Å²) in [6.07, 6.45) is 0.732. The first-order valence-electron chi connectivity index (χ1n) is 9.05. The first-order valence-corrected chi connectivity index (χ1v) is 9.87. The van der Waals surface area contributed by atoms with Crippen molar-refractivity contribution in [1.82, 2.24) is 9.88 Å². The van der Waals surface area contributed by atoms with E-state index in [9.17, 15) is 13.6 Å². The molecule has 7 heteroatoms. The van der Waals surface area contributed by atoms with Crippen LogP contribution < -0.4 is 4.90 Å². The summed E-state index contributed by atoms with van der Waals surface area (Å²) < 4.78 is 28.0. The van der Waals surface area contributed by atoms with Crippen LogP contribution in [0.5, 0.6) is 0 Å². The van der Waals surface area contributed by atoms with Gasteiger partial charge in [0.2, 0.25) is 0 Å². The van der Waals surface area contributed by atoms with Gasteiger partial charge in [-0.3, -0.25) is 9.69 Å². The first-order chi connectivity index (χ1) is 13.3. The summed E-state index contributed by atoms with van der Waals surface area (Å²) in [5, 5.41) is 0.567. The number of benzene rings is 2. The molecule has 0 aliphatic heterocycles. The Balaban J connectivity index is 1.99. The molecule has 0 atom stereocenters. The quantitative estimate of drug-likeness (QED) is 0.594. The molecule has 0 aliphatic rings. The molecule has 1 heterocycles. The molecule has 0 unspecified atom stereocenters. The van der Waals surface area contributed by atoms with Gasteiger partial charge in [0, 0.05) is 12.1 Å². The summed E-state index contributed by atoms with van der Waals surface area (Å²) >= 11 is 1.44. The fourth-order valence-corrected chi connectivity index (χ4v) is 4.13. The number of amides is 1. The van der Waals surface area contributed by atoms with E-state index in [0.29, 0.717) is 11.7 Å². The third-order valence-electron chi connectivity index (χ3n) is 4.44. The van der Waals surface area contributed by atoms with Crippen molar-refractivity contribution in [3.8, 4) is 0 Å². The second-order valence-electron chi connectivity index (χ2n) is 7.17. The SMILES string of the molecule is Cc1cc(C)c2sc(N(CCCN(C)C)C(=O)c3ccc(F)c(F)c3)nc2c1. The lowest BCUT2D eigenvalue weighted by Crippen LogP contribution is -2.33. The number of aromatic nitrogens is 1. The van der Waals surface area contributed by atoms with E-state index in [2.05, 4.69) is 11.1 Å². The lowest BCUT2D eigenvalue weighted by Gasteiger charge is -2.21. The number of fused-ring (bicyclic) bond motifs is 1. The fraction of sp³-hybridized carbons (Fsp3) is 0.333. The molecule has 2 aromatic carbocycles. The zero-order chi connectivity index (χ0) is 20.4. The second-order valence-corrected chi connectivity index (χ2v) is 8.15. The number of rotatable bonds is 6. The molecule has 0 spiro atoms. The molecule has 1 aromatic heterocycles. The Bertz CT molecular complexity index is 1020. The molecule has 3 aromatic rings. The standard InChI is InChI=1S/C21H23F2N3OS/c1-13-10-14(2)19-18(11-13)24-21(28-19)26(9-5-8-25(3)4)20(27)15-6-7-16(22)17(23)12-15/h6-7,10-12H,5,8-9H2,1-4H3. The predicted molar refractivity (Wildman–Crippen MR) is 110 cm³/mol. The molecule has 0 fully saturated rings. The molecule has 0 saturated heterocycles. The van der Waals surface area contributed by atoms with E-state index in [1.807, 2.05) is 38.9 Å². The van der Waals surface area contributed by atoms with Gasteiger partial charge in [0.05, 0.1) is 10.2 Å². The average molecular weight is 403 g/mol. The molecule has 28 heavy (non-hydrogen) atoms. The van der Waals surface area contributed by atoms with Crippen LogP contribution in [0.4, 0.5) is 13.9 Å². The Hall–Kier alpha value is -2.38. The van der Waals surface area contributed by atoms with Crippen molar-refractivity contribution in [3.05, 3.63) is 58.7 Å². The zero-order valence-electron chi connectivity index (χ0n) is 16.4. The third kappa shape index (κ3) is 4.36. The van der Waals surface area contributed by atoms with Crippen LogP contribution in [-0.2, 0) is 0 Å². The number of halogens is 2. The smallest absolute Gasteiger partial charge is 0.260 e. The van der Waals surface area contributed by atoms with Crippen LogP contribution in [0.2, 0.25) is 0 Å². The molecule has 0 radical (unpaired) electrons. The van der Waals surface area contributed by atoms with Crippen LogP contribution >= 0.6 is 11.3 Å². The topological polar surface area (TPSA) is 36.4 Å². The molecule has 148 valence electrons. The summed E-state index contributed by atoms with van der Waals surface area (Å²) in [4.78, 5) is 21.4. The van der Waals surface area contributed by atoms with E-state index in [1.165, 1.54) is 17.4 Å². The van der Waals surface area contributed by atoms with Crippen molar-refractivity contribution in [3.63, 3.8) is 0 Å². The van der Waals surface area contributed by atoms with Crippen LogP contribution in [-0.4, -0.2) is 43.0 Å². The van der Waals surface area contributed by atoms with E-state index in [0.717, 1.165) is 46.4 Å². The Morgan fingerprint density at radius 3 is 2.50 bits per heavy atom. The maximum atomic E-state index is 13.7. The fourth-order valence-electron chi connectivity index (χ4n) is 3.09. The van der Waals surface area contributed by atoms with E-state index in [4.69, 9.17) is 0 Å². The minimum absolute atomic E-state index is 0.107. The second kappa shape index (κ2) is 8.32. The van der Waals surface area contributed by atoms with Gasteiger partial charge in [0.1, 0.15) is 0 Å². The third-order valence-corrected chi connectivity index (χ3v) is 5.67. The number of anilines is 1. The molecule has 0 N–H and O–H groups in total. The van der Waals surface area contributed by atoms with Crippen molar-refractivity contribution in [2.75, 3.05) is 32.1 Å². The molecule has 0 saturated carbocycles. The number of carbonyl (C=O) groups excluding carboxylic acids is 1. The largest absolute Gasteiger partial charge is 0.309 e. The highest BCUT2D eigenvalue weighted by molar-refractivity contribution is 7.22. The van der Waals surface area contributed by atoms with Gasteiger partial charge in [-0.25, -0.2) is 13.8 Å². The Morgan fingerprint density at radius 2 is 1.82 bits per heavy atom. The van der Waals surface area contributed by atoms with Gasteiger partial charge in [0.25, 0.3) is 5.91 Å². The Labute approximate surface area is 167 Å². The van der Waals surface area contributed by atoms with Gasteiger partial charge in [0.15, 0.2) is 16.8 Å². The van der Waals surface area contributed by atoms with Crippen molar-refractivity contribution in [1.29, 1.82) is 0 Å². The summed E-state index contributed by atoms with van der Waals surface area (Å²) in [5.74, 6) is -2.39. The maximum absolute atomic E-state index is 13.7. The average Bonchev–Trinajstić information content (AvgIpc) is 3.04. The number of carbonyl (C=O) groups is 1. The maximum Gasteiger partial charge on any atom is 0.260 e. The highest BCUT2D eigenvalue weighted by Crippen LogP contribution is 2.33. The lowest BCUT2D eigenvalue weighted by atomic mass is 10.1. The molecule has 0 aliphatic carbocycles. The molecule has 0 bridgehead atoms. The summed E-state index contributed by atoms with van der Waals surface area (Å²) in [5.41, 5.74) is 3.16. The zero-order valence-corrected chi connectivity index (χ0v) is 17.2. The predicted octanol–water partition coefficient (Wildman–Crippen LogP) is 4.79. The van der Waals surface area contributed by atoms with Gasteiger partial charge in [-0.2, -0.15) is 0 Å². The van der Waals surface area contributed by atoms with Crippen molar-refractivity contribution in [2.24, 2.45) is 0 Å². The van der Waals surface area contributed by atoms with E-state index in [1.54, 1.807) is 4.90 Å². The minimum Gasteiger partial charge on any atom is -0.309 e. The normalized spacial score (nSPS) is 11.4. The summed E-state index contributed by atoms with van der Waals surface area (Å²) in [6, 6.07) is 7.30. The van der Waals surface area contributed by atoms with Gasteiger partial charge in [-0.05, 0) is 76.3 Å². The molecular formula is C21H23F2N3OS. The number of thiazole rings is 1. The molecule has 4 nitrogen and oxygen atoms in total. The van der Waals surface area contributed by atoms with E-state index < -0.39 is 11.6 Å². The minimum atomic E-state index is -1.03. The number of hydrogen-bond acceptors (Lipinski definition) is 4. The Kier molecular flexibility index (Phi) is 6.05. The lowest BCUT2D eigenvalue weighted by molar-refractivity contribution is 0.0985. The number of aryl methyl sites for hydroxylation is 2.